The number of ether oxygens (including phenoxy) is 2. The highest BCUT2D eigenvalue weighted by Gasteiger charge is 2.28. The van der Waals surface area contributed by atoms with Crippen molar-refractivity contribution in [3.63, 3.8) is 0 Å². The zero-order chi connectivity index (χ0) is 16.9. The number of hydrogen-bond acceptors (Lipinski definition) is 6. The van der Waals surface area contributed by atoms with E-state index < -0.39 is 5.60 Å². The number of carbonyl (C=O) groups excluding carboxylic acids is 1. The summed E-state index contributed by atoms with van der Waals surface area (Å²) in [5, 5.41) is 3.12. The number of anilines is 1. The summed E-state index contributed by atoms with van der Waals surface area (Å²) in [6.07, 6.45) is 2.99. The zero-order valence-electron chi connectivity index (χ0n) is 14.3. The third-order valence-electron chi connectivity index (χ3n) is 3.29. The molecule has 0 aromatic carbocycles. The number of aromatic nitrogens is 2. The van der Waals surface area contributed by atoms with E-state index in [-0.39, 0.29) is 12.2 Å². The van der Waals surface area contributed by atoms with Gasteiger partial charge < -0.3 is 19.7 Å². The molecule has 1 aromatic heterocycles. The second kappa shape index (κ2) is 7.48. The van der Waals surface area contributed by atoms with E-state index in [2.05, 4.69) is 15.3 Å². The number of piperidine rings is 1. The molecule has 1 saturated heterocycles. The molecule has 1 atom stereocenters. The van der Waals surface area contributed by atoms with Crippen LogP contribution in [0, 0.1) is 0 Å². The van der Waals surface area contributed by atoms with E-state index in [1.165, 1.54) is 0 Å². The summed E-state index contributed by atoms with van der Waals surface area (Å²) in [5.41, 5.74) is -0.492. The van der Waals surface area contributed by atoms with Gasteiger partial charge in [-0.2, -0.15) is 4.98 Å². The summed E-state index contributed by atoms with van der Waals surface area (Å²) in [6, 6.07) is 2.13. The first-order valence-corrected chi connectivity index (χ1v) is 8.09. The van der Waals surface area contributed by atoms with Crippen molar-refractivity contribution in [3.8, 4) is 6.01 Å². The second-order valence-corrected chi connectivity index (χ2v) is 6.56. The Bertz CT molecular complexity index is 530. The lowest BCUT2D eigenvalue weighted by molar-refractivity contribution is 0.00662. The van der Waals surface area contributed by atoms with E-state index in [0.29, 0.717) is 19.1 Å². The summed E-state index contributed by atoms with van der Waals surface area (Å²) in [7, 11) is 0. The van der Waals surface area contributed by atoms with E-state index in [9.17, 15) is 4.79 Å². The van der Waals surface area contributed by atoms with Gasteiger partial charge in [0.15, 0.2) is 0 Å². The number of amides is 1. The van der Waals surface area contributed by atoms with Crippen molar-refractivity contribution in [1.29, 1.82) is 0 Å². The van der Waals surface area contributed by atoms with Gasteiger partial charge in [0.1, 0.15) is 17.5 Å². The predicted octanol–water partition coefficient (Wildman–Crippen LogP) is 2.69. The number of nitrogens with zero attached hydrogens (tertiary/aromatic N) is 3. The first-order chi connectivity index (χ1) is 10.9. The van der Waals surface area contributed by atoms with Gasteiger partial charge in [0.2, 0.25) is 0 Å². The van der Waals surface area contributed by atoms with Crippen LogP contribution in [0.2, 0.25) is 0 Å². The van der Waals surface area contributed by atoms with Crippen molar-refractivity contribution in [2.45, 2.75) is 52.2 Å². The second-order valence-electron chi connectivity index (χ2n) is 6.56. The molecule has 128 valence electrons. The van der Waals surface area contributed by atoms with Crippen molar-refractivity contribution in [2.24, 2.45) is 0 Å². The molecule has 0 radical (unpaired) electrons. The van der Waals surface area contributed by atoms with E-state index in [0.717, 1.165) is 25.2 Å². The Morgan fingerprint density at radius 1 is 1.48 bits per heavy atom. The van der Waals surface area contributed by atoms with Crippen LogP contribution < -0.4 is 10.1 Å². The zero-order valence-corrected chi connectivity index (χ0v) is 14.3. The van der Waals surface area contributed by atoms with E-state index in [1.54, 1.807) is 17.2 Å². The number of rotatable bonds is 4. The van der Waals surface area contributed by atoms with Crippen LogP contribution >= 0.6 is 0 Å². The summed E-state index contributed by atoms with van der Waals surface area (Å²) in [6.45, 7) is 9.56. The molecular formula is C16H26N4O3. The minimum absolute atomic E-state index is 0.117. The van der Waals surface area contributed by atoms with E-state index in [1.807, 2.05) is 27.7 Å². The molecule has 1 aliphatic rings. The smallest absolute Gasteiger partial charge is 0.410 e. The molecule has 0 bridgehead atoms. The Morgan fingerprint density at radius 2 is 2.26 bits per heavy atom. The van der Waals surface area contributed by atoms with Crippen molar-refractivity contribution >= 4 is 11.9 Å². The molecule has 1 aromatic rings. The van der Waals surface area contributed by atoms with Crippen LogP contribution in [-0.4, -0.2) is 52.3 Å². The van der Waals surface area contributed by atoms with Crippen LogP contribution in [0.15, 0.2) is 12.3 Å². The SMILES string of the molecule is CCNc1ccnc(OC2CCCN(C(=O)OC(C)(C)C)C2)n1. The molecule has 1 amide bonds. The van der Waals surface area contributed by atoms with Gasteiger partial charge in [-0.3, -0.25) is 0 Å². The highest BCUT2D eigenvalue weighted by atomic mass is 16.6. The Kier molecular flexibility index (Phi) is 5.63. The number of carbonyl (C=O) groups is 1. The Labute approximate surface area is 137 Å². The molecule has 0 saturated carbocycles. The van der Waals surface area contributed by atoms with Crippen LogP contribution in [0.3, 0.4) is 0 Å². The van der Waals surface area contributed by atoms with Crippen LogP contribution in [0.4, 0.5) is 10.6 Å². The normalized spacial score (nSPS) is 18.4. The fraction of sp³-hybridized carbons (Fsp3) is 0.688. The topological polar surface area (TPSA) is 76.6 Å². The molecule has 0 aliphatic carbocycles. The molecule has 1 aliphatic heterocycles. The lowest BCUT2D eigenvalue weighted by atomic mass is 10.1. The maximum Gasteiger partial charge on any atom is 0.410 e. The molecule has 2 heterocycles. The van der Waals surface area contributed by atoms with E-state index >= 15 is 0 Å². The summed E-state index contributed by atoms with van der Waals surface area (Å²) < 4.78 is 11.3. The Hall–Kier alpha value is -2.05. The molecular weight excluding hydrogens is 296 g/mol. The molecule has 23 heavy (non-hydrogen) atoms. The van der Waals surface area contributed by atoms with E-state index in [4.69, 9.17) is 9.47 Å². The maximum absolute atomic E-state index is 12.2. The van der Waals surface area contributed by atoms with Crippen molar-refractivity contribution in [3.05, 3.63) is 12.3 Å². The fourth-order valence-electron chi connectivity index (χ4n) is 2.35. The first kappa shape index (κ1) is 17.3. The monoisotopic (exact) mass is 322 g/mol. The summed E-state index contributed by atoms with van der Waals surface area (Å²) in [5.74, 6) is 0.734. The highest BCUT2D eigenvalue weighted by Crippen LogP contribution is 2.19. The molecule has 2 rings (SSSR count). The van der Waals surface area contributed by atoms with Crippen LogP contribution in [0.1, 0.15) is 40.5 Å². The van der Waals surface area contributed by atoms with Crippen molar-refractivity contribution in [2.75, 3.05) is 25.0 Å². The predicted molar refractivity (Wildman–Crippen MR) is 87.7 cm³/mol. The van der Waals surface area contributed by atoms with Crippen LogP contribution in [0.5, 0.6) is 6.01 Å². The third-order valence-corrected chi connectivity index (χ3v) is 3.29. The van der Waals surface area contributed by atoms with Gasteiger partial charge in [0.05, 0.1) is 6.54 Å². The molecule has 1 fully saturated rings. The standard InChI is InChI=1S/C16H26N4O3/c1-5-17-13-8-9-18-14(19-13)22-12-7-6-10-20(11-12)15(21)23-16(2,3)4/h8-9,12H,5-7,10-11H2,1-4H3,(H,17,18,19). The van der Waals surface area contributed by atoms with Gasteiger partial charge in [0.25, 0.3) is 0 Å². The van der Waals surface area contributed by atoms with Gasteiger partial charge >= 0.3 is 12.1 Å². The lowest BCUT2D eigenvalue weighted by Gasteiger charge is -2.33. The fourth-order valence-corrected chi connectivity index (χ4v) is 2.35. The Balaban J connectivity index is 1.93. The summed E-state index contributed by atoms with van der Waals surface area (Å²) in [4.78, 5) is 22.3. The molecule has 1 N–H and O–H groups in total. The number of hydrogen-bond donors (Lipinski definition) is 1. The number of likely N-dealkylation sites (tertiary alicyclic amines) is 1. The molecule has 0 spiro atoms. The van der Waals surface area contributed by atoms with Crippen LogP contribution in [0.25, 0.3) is 0 Å². The van der Waals surface area contributed by atoms with Crippen molar-refractivity contribution < 1.29 is 14.3 Å². The minimum Gasteiger partial charge on any atom is -0.458 e. The minimum atomic E-state index is -0.492. The lowest BCUT2D eigenvalue weighted by Crippen LogP contribution is -2.46. The Morgan fingerprint density at radius 3 is 2.96 bits per heavy atom. The summed E-state index contributed by atoms with van der Waals surface area (Å²) >= 11 is 0. The van der Waals surface area contributed by atoms with Gasteiger partial charge in [-0.15, -0.1) is 0 Å². The maximum atomic E-state index is 12.2. The highest BCUT2D eigenvalue weighted by molar-refractivity contribution is 5.68. The van der Waals surface area contributed by atoms with Gasteiger partial charge in [-0.05, 0) is 46.6 Å². The van der Waals surface area contributed by atoms with Gasteiger partial charge in [-0.1, -0.05) is 0 Å². The quantitative estimate of drug-likeness (QED) is 0.918. The largest absolute Gasteiger partial charge is 0.458 e. The third kappa shape index (κ3) is 5.58. The molecule has 7 nitrogen and oxygen atoms in total. The average molecular weight is 322 g/mol. The average Bonchev–Trinajstić information content (AvgIpc) is 2.46. The number of nitrogens with one attached hydrogen (secondary N) is 1. The van der Waals surface area contributed by atoms with Gasteiger partial charge in [0, 0.05) is 19.3 Å². The molecule has 7 heteroatoms. The van der Waals surface area contributed by atoms with Gasteiger partial charge in [-0.25, -0.2) is 9.78 Å². The van der Waals surface area contributed by atoms with Crippen molar-refractivity contribution in [1.82, 2.24) is 14.9 Å². The molecule has 1 unspecified atom stereocenters. The van der Waals surface area contributed by atoms with Crippen LogP contribution in [-0.2, 0) is 4.74 Å². The first-order valence-electron chi connectivity index (χ1n) is 8.09.